The van der Waals surface area contributed by atoms with E-state index >= 15 is 0 Å². The number of nitrogens with zero attached hydrogens (tertiary/aromatic N) is 1. The average Bonchev–Trinajstić information content (AvgIpc) is 2.18. The van der Waals surface area contributed by atoms with Gasteiger partial charge in [-0.1, -0.05) is 13.0 Å². The second kappa shape index (κ2) is 5.91. The summed E-state index contributed by atoms with van der Waals surface area (Å²) in [4.78, 5) is 4.31. The maximum absolute atomic E-state index is 4.31. The first kappa shape index (κ1) is 11.4. The van der Waals surface area contributed by atoms with Gasteiger partial charge in [0, 0.05) is 18.0 Å². The molecule has 1 heterocycles. The highest BCUT2D eigenvalue weighted by Crippen LogP contribution is 2.08. The quantitative estimate of drug-likeness (QED) is 0.809. The monoisotopic (exact) mass is 210 g/mol. The molecule has 1 unspecified atom stereocenters. The van der Waals surface area contributed by atoms with Crippen molar-refractivity contribution >= 4 is 17.6 Å². The molecule has 0 fully saturated rings. The van der Waals surface area contributed by atoms with Crippen LogP contribution in [0.15, 0.2) is 18.3 Å². The molecule has 0 aliphatic heterocycles. The van der Waals surface area contributed by atoms with E-state index in [2.05, 4.69) is 30.2 Å². The molecule has 3 heteroatoms. The van der Waals surface area contributed by atoms with Crippen LogP contribution in [-0.4, -0.2) is 22.5 Å². The smallest absolute Gasteiger partial charge is 0.126 e. The number of nitrogens with one attached hydrogen (secondary N) is 1. The van der Waals surface area contributed by atoms with Gasteiger partial charge in [-0.25, -0.2) is 4.98 Å². The lowest BCUT2D eigenvalue weighted by atomic mass is 10.3. The van der Waals surface area contributed by atoms with Crippen molar-refractivity contribution in [3.05, 3.63) is 23.9 Å². The minimum absolute atomic E-state index is 0.482. The molecule has 1 aromatic rings. The Hall–Kier alpha value is -0.700. The van der Waals surface area contributed by atoms with E-state index in [0.29, 0.717) is 6.04 Å². The first-order valence-electron chi connectivity index (χ1n) is 4.99. The van der Waals surface area contributed by atoms with Gasteiger partial charge >= 0.3 is 0 Å². The van der Waals surface area contributed by atoms with Gasteiger partial charge in [0.1, 0.15) is 5.82 Å². The topological polar surface area (TPSA) is 24.9 Å². The fourth-order valence-corrected chi connectivity index (χ4v) is 1.81. The normalized spacial score (nSPS) is 12.5. The number of aromatic nitrogens is 1. The van der Waals surface area contributed by atoms with E-state index in [1.54, 1.807) is 0 Å². The Labute approximate surface area is 90.5 Å². The standard InChI is InChI=1S/C11H18N2S/c1-4-14-8-10(3)13-11-6-5-9(2)7-12-11/h5-7,10H,4,8H2,1-3H3,(H,12,13). The van der Waals surface area contributed by atoms with Crippen molar-refractivity contribution in [2.75, 3.05) is 16.8 Å². The molecule has 78 valence electrons. The number of rotatable bonds is 5. The largest absolute Gasteiger partial charge is 0.367 e. The molecule has 14 heavy (non-hydrogen) atoms. The Balaban J connectivity index is 2.39. The van der Waals surface area contributed by atoms with Crippen LogP contribution in [0.5, 0.6) is 0 Å². The van der Waals surface area contributed by atoms with Crippen molar-refractivity contribution in [1.29, 1.82) is 0 Å². The van der Waals surface area contributed by atoms with Crippen LogP contribution in [0.1, 0.15) is 19.4 Å². The molecule has 0 amide bonds. The summed E-state index contributed by atoms with van der Waals surface area (Å²) >= 11 is 1.95. The summed E-state index contributed by atoms with van der Waals surface area (Å²) in [7, 11) is 0. The molecular weight excluding hydrogens is 192 g/mol. The Morgan fingerprint density at radius 2 is 2.29 bits per heavy atom. The summed E-state index contributed by atoms with van der Waals surface area (Å²) < 4.78 is 0. The predicted octanol–water partition coefficient (Wildman–Crippen LogP) is 2.94. The van der Waals surface area contributed by atoms with E-state index in [9.17, 15) is 0 Å². The summed E-state index contributed by atoms with van der Waals surface area (Å²) in [5, 5.41) is 3.37. The Morgan fingerprint density at radius 3 is 2.86 bits per heavy atom. The molecule has 0 bridgehead atoms. The molecule has 1 N–H and O–H groups in total. The van der Waals surface area contributed by atoms with E-state index in [0.717, 1.165) is 11.6 Å². The van der Waals surface area contributed by atoms with Crippen LogP contribution in [0, 0.1) is 6.92 Å². The van der Waals surface area contributed by atoms with Crippen LogP contribution < -0.4 is 5.32 Å². The van der Waals surface area contributed by atoms with E-state index < -0.39 is 0 Å². The highest BCUT2D eigenvalue weighted by molar-refractivity contribution is 7.99. The first-order valence-corrected chi connectivity index (χ1v) is 6.14. The van der Waals surface area contributed by atoms with Crippen LogP contribution in [0.4, 0.5) is 5.82 Å². The summed E-state index contributed by atoms with van der Waals surface area (Å²) in [6, 6.07) is 4.59. The minimum Gasteiger partial charge on any atom is -0.367 e. The summed E-state index contributed by atoms with van der Waals surface area (Å²) in [5.41, 5.74) is 1.20. The van der Waals surface area contributed by atoms with Gasteiger partial charge in [0.15, 0.2) is 0 Å². The molecule has 1 atom stereocenters. The van der Waals surface area contributed by atoms with Crippen molar-refractivity contribution in [3.63, 3.8) is 0 Å². The highest BCUT2D eigenvalue weighted by Gasteiger charge is 2.01. The van der Waals surface area contributed by atoms with Gasteiger partial charge in [-0.2, -0.15) is 11.8 Å². The third-order valence-electron chi connectivity index (χ3n) is 1.88. The number of hydrogen-bond acceptors (Lipinski definition) is 3. The molecule has 0 aliphatic rings. The van der Waals surface area contributed by atoms with Crippen LogP contribution in [0.2, 0.25) is 0 Å². The van der Waals surface area contributed by atoms with Crippen molar-refractivity contribution < 1.29 is 0 Å². The number of aryl methyl sites for hydroxylation is 1. The van der Waals surface area contributed by atoms with Crippen molar-refractivity contribution in [2.45, 2.75) is 26.8 Å². The van der Waals surface area contributed by atoms with Crippen LogP contribution >= 0.6 is 11.8 Å². The van der Waals surface area contributed by atoms with Gasteiger partial charge in [0.2, 0.25) is 0 Å². The summed E-state index contributed by atoms with van der Waals surface area (Å²) in [5.74, 6) is 3.28. The third kappa shape index (κ3) is 4.01. The maximum atomic E-state index is 4.31. The second-order valence-corrected chi connectivity index (χ2v) is 4.74. The summed E-state index contributed by atoms with van der Waals surface area (Å²) in [6.07, 6.45) is 1.89. The maximum Gasteiger partial charge on any atom is 0.126 e. The Bertz CT molecular complexity index is 258. The Morgan fingerprint density at radius 1 is 1.50 bits per heavy atom. The molecule has 0 radical (unpaired) electrons. The van der Waals surface area contributed by atoms with Gasteiger partial charge in [-0.15, -0.1) is 0 Å². The van der Waals surface area contributed by atoms with Crippen LogP contribution in [0.3, 0.4) is 0 Å². The van der Waals surface area contributed by atoms with Crippen LogP contribution in [0.25, 0.3) is 0 Å². The number of anilines is 1. The number of hydrogen-bond donors (Lipinski definition) is 1. The first-order chi connectivity index (χ1) is 6.72. The highest BCUT2D eigenvalue weighted by atomic mass is 32.2. The molecule has 0 saturated heterocycles. The SMILES string of the molecule is CCSCC(C)Nc1ccc(C)cn1. The van der Waals surface area contributed by atoms with Gasteiger partial charge in [-0.3, -0.25) is 0 Å². The zero-order valence-corrected chi connectivity index (χ0v) is 9.90. The molecule has 2 nitrogen and oxygen atoms in total. The molecule has 0 aromatic carbocycles. The minimum atomic E-state index is 0.482. The molecular formula is C11H18N2S. The lowest BCUT2D eigenvalue weighted by molar-refractivity contribution is 0.901. The zero-order valence-electron chi connectivity index (χ0n) is 9.08. The van der Waals surface area contributed by atoms with Crippen molar-refractivity contribution in [2.24, 2.45) is 0 Å². The van der Waals surface area contributed by atoms with E-state index in [1.165, 1.54) is 11.3 Å². The third-order valence-corrected chi connectivity index (χ3v) is 3.02. The fourth-order valence-electron chi connectivity index (χ4n) is 1.14. The van der Waals surface area contributed by atoms with Gasteiger partial charge < -0.3 is 5.32 Å². The Kier molecular flexibility index (Phi) is 4.80. The summed E-state index contributed by atoms with van der Waals surface area (Å²) in [6.45, 7) is 6.42. The molecule has 0 spiro atoms. The van der Waals surface area contributed by atoms with E-state index in [1.807, 2.05) is 30.9 Å². The van der Waals surface area contributed by atoms with Gasteiger partial charge in [0.05, 0.1) is 0 Å². The van der Waals surface area contributed by atoms with Crippen LogP contribution in [-0.2, 0) is 0 Å². The molecule has 0 aliphatic carbocycles. The average molecular weight is 210 g/mol. The molecule has 0 saturated carbocycles. The predicted molar refractivity (Wildman–Crippen MR) is 65.1 cm³/mol. The molecule has 1 rings (SSSR count). The van der Waals surface area contributed by atoms with Gasteiger partial charge in [-0.05, 0) is 31.2 Å². The number of thioether (sulfide) groups is 1. The number of pyridine rings is 1. The lowest BCUT2D eigenvalue weighted by Gasteiger charge is -2.13. The van der Waals surface area contributed by atoms with Gasteiger partial charge in [0.25, 0.3) is 0 Å². The fraction of sp³-hybridized carbons (Fsp3) is 0.545. The van der Waals surface area contributed by atoms with E-state index in [4.69, 9.17) is 0 Å². The van der Waals surface area contributed by atoms with E-state index in [-0.39, 0.29) is 0 Å². The second-order valence-electron chi connectivity index (χ2n) is 3.43. The van der Waals surface area contributed by atoms with Crippen molar-refractivity contribution in [3.8, 4) is 0 Å². The lowest BCUT2D eigenvalue weighted by Crippen LogP contribution is -2.18. The zero-order chi connectivity index (χ0) is 10.4. The van der Waals surface area contributed by atoms with Crippen molar-refractivity contribution in [1.82, 2.24) is 4.98 Å². The molecule has 1 aromatic heterocycles.